The Morgan fingerprint density at radius 2 is 1.93 bits per heavy atom. The minimum atomic E-state index is -0.610. The van der Waals surface area contributed by atoms with Crippen LogP contribution >= 0.6 is 11.6 Å². The van der Waals surface area contributed by atoms with E-state index in [4.69, 9.17) is 16.3 Å². The van der Waals surface area contributed by atoms with Crippen molar-refractivity contribution in [2.45, 2.75) is 13.0 Å². The summed E-state index contributed by atoms with van der Waals surface area (Å²) in [7, 11) is 1.32. The van der Waals surface area contributed by atoms with E-state index >= 15 is 0 Å². The molecule has 1 aromatic carbocycles. The van der Waals surface area contributed by atoms with Gasteiger partial charge in [-0.05, 0) is 31.2 Å². The molecule has 0 aliphatic heterocycles. The highest BCUT2D eigenvalue weighted by atomic mass is 35.5. The van der Waals surface area contributed by atoms with E-state index in [1.54, 1.807) is 31.2 Å². The normalized spacial score (nSPS) is 11.9. The van der Waals surface area contributed by atoms with Crippen LogP contribution in [-0.4, -0.2) is 19.2 Å². The van der Waals surface area contributed by atoms with Gasteiger partial charge in [0.1, 0.15) is 5.75 Å². The Bertz CT molecular complexity index is 308. The van der Waals surface area contributed by atoms with E-state index in [1.165, 1.54) is 7.11 Å². The smallest absolute Gasteiger partial charge is 0.346 e. The van der Waals surface area contributed by atoms with Crippen molar-refractivity contribution in [1.82, 2.24) is 0 Å². The highest BCUT2D eigenvalue weighted by Gasteiger charge is 2.14. The van der Waals surface area contributed by atoms with Gasteiger partial charge in [-0.3, -0.25) is 0 Å². The van der Waals surface area contributed by atoms with Crippen LogP contribution in [0.2, 0.25) is 5.02 Å². The standard InChI is InChI=1S/C10H11ClO3/c1-7(10(12)13-2)14-9-5-3-8(11)4-6-9/h3-7H,1-2H3/t7-/m1/s1. The maximum Gasteiger partial charge on any atom is 0.346 e. The van der Waals surface area contributed by atoms with Crippen molar-refractivity contribution in [3.63, 3.8) is 0 Å². The molecule has 3 nitrogen and oxygen atoms in total. The van der Waals surface area contributed by atoms with E-state index in [0.717, 1.165) is 0 Å². The lowest BCUT2D eigenvalue weighted by Gasteiger charge is -2.11. The Balaban J connectivity index is 2.60. The van der Waals surface area contributed by atoms with Crippen LogP contribution in [0.1, 0.15) is 6.92 Å². The zero-order valence-electron chi connectivity index (χ0n) is 7.99. The van der Waals surface area contributed by atoms with Crippen molar-refractivity contribution < 1.29 is 14.3 Å². The number of carbonyl (C=O) groups excluding carboxylic acids is 1. The molecule has 4 heteroatoms. The maximum atomic E-state index is 11.0. The van der Waals surface area contributed by atoms with Gasteiger partial charge in [0.05, 0.1) is 7.11 Å². The topological polar surface area (TPSA) is 35.5 Å². The summed E-state index contributed by atoms with van der Waals surface area (Å²) in [6, 6.07) is 6.78. The van der Waals surface area contributed by atoms with Crippen molar-refractivity contribution in [1.29, 1.82) is 0 Å². The number of rotatable bonds is 3. The minimum absolute atomic E-state index is 0.403. The largest absolute Gasteiger partial charge is 0.479 e. The summed E-state index contributed by atoms with van der Waals surface area (Å²) in [5.74, 6) is 0.187. The lowest BCUT2D eigenvalue weighted by atomic mass is 10.3. The zero-order valence-corrected chi connectivity index (χ0v) is 8.75. The van der Waals surface area contributed by atoms with Gasteiger partial charge >= 0.3 is 5.97 Å². The number of ether oxygens (including phenoxy) is 2. The molecule has 76 valence electrons. The molecule has 1 aromatic rings. The predicted molar refractivity (Wildman–Crippen MR) is 53.6 cm³/mol. The van der Waals surface area contributed by atoms with Crippen LogP contribution in [0.25, 0.3) is 0 Å². The Labute approximate surface area is 87.6 Å². The summed E-state index contributed by atoms with van der Waals surface area (Å²) in [6.07, 6.45) is -0.610. The molecular weight excluding hydrogens is 204 g/mol. The zero-order chi connectivity index (χ0) is 10.6. The summed E-state index contributed by atoms with van der Waals surface area (Å²) >= 11 is 5.69. The minimum Gasteiger partial charge on any atom is -0.479 e. The van der Waals surface area contributed by atoms with Gasteiger partial charge in [-0.2, -0.15) is 0 Å². The number of methoxy groups -OCH3 is 1. The van der Waals surface area contributed by atoms with Gasteiger partial charge in [0.25, 0.3) is 0 Å². The van der Waals surface area contributed by atoms with Crippen molar-refractivity contribution in [2.75, 3.05) is 7.11 Å². The number of halogens is 1. The maximum absolute atomic E-state index is 11.0. The Morgan fingerprint density at radius 1 is 1.36 bits per heavy atom. The molecule has 0 amide bonds. The molecule has 0 radical (unpaired) electrons. The molecule has 0 unspecified atom stereocenters. The highest BCUT2D eigenvalue weighted by molar-refractivity contribution is 6.30. The highest BCUT2D eigenvalue weighted by Crippen LogP contribution is 2.16. The second-order valence-electron chi connectivity index (χ2n) is 2.74. The van der Waals surface area contributed by atoms with E-state index in [-0.39, 0.29) is 0 Å². The van der Waals surface area contributed by atoms with E-state index in [0.29, 0.717) is 10.8 Å². The van der Waals surface area contributed by atoms with Crippen molar-refractivity contribution in [3.05, 3.63) is 29.3 Å². The Morgan fingerprint density at radius 3 is 2.43 bits per heavy atom. The summed E-state index contributed by atoms with van der Waals surface area (Å²) in [5, 5.41) is 0.628. The second-order valence-corrected chi connectivity index (χ2v) is 3.17. The van der Waals surface area contributed by atoms with E-state index < -0.39 is 12.1 Å². The number of carbonyl (C=O) groups is 1. The first-order chi connectivity index (χ1) is 6.63. The third kappa shape index (κ3) is 2.92. The fourth-order valence-electron chi connectivity index (χ4n) is 0.931. The number of esters is 1. The molecule has 0 aliphatic rings. The SMILES string of the molecule is COC(=O)[C@@H](C)Oc1ccc(Cl)cc1. The van der Waals surface area contributed by atoms with Crippen molar-refractivity contribution in [3.8, 4) is 5.75 Å². The van der Waals surface area contributed by atoms with E-state index in [1.807, 2.05) is 0 Å². The van der Waals surface area contributed by atoms with Crippen molar-refractivity contribution in [2.24, 2.45) is 0 Å². The van der Waals surface area contributed by atoms with Crippen LogP contribution in [0.4, 0.5) is 0 Å². The number of hydrogen-bond donors (Lipinski definition) is 0. The molecular formula is C10H11ClO3. The first-order valence-corrected chi connectivity index (χ1v) is 4.51. The van der Waals surface area contributed by atoms with Gasteiger partial charge in [-0.1, -0.05) is 11.6 Å². The molecule has 14 heavy (non-hydrogen) atoms. The van der Waals surface area contributed by atoms with Crippen LogP contribution in [-0.2, 0) is 9.53 Å². The fraction of sp³-hybridized carbons (Fsp3) is 0.300. The van der Waals surface area contributed by atoms with Crippen molar-refractivity contribution >= 4 is 17.6 Å². The summed E-state index contributed by atoms with van der Waals surface area (Å²) in [6.45, 7) is 1.63. The monoisotopic (exact) mass is 214 g/mol. The second kappa shape index (κ2) is 4.86. The molecule has 0 aliphatic carbocycles. The third-order valence-electron chi connectivity index (χ3n) is 1.66. The van der Waals surface area contributed by atoms with E-state index in [2.05, 4.69) is 4.74 Å². The van der Waals surface area contributed by atoms with Gasteiger partial charge in [-0.25, -0.2) is 4.79 Å². The van der Waals surface area contributed by atoms with Gasteiger partial charge in [-0.15, -0.1) is 0 Å². The molecule has 0 aromatic heterocycles. The average molecular weight is 215 g/mol. The molecule has 0 fully saturated rings. The predicted octanol–water partition coefficient (Wildman–Crippen LogP) is 2.28. The molecule has 0 saturated carbocycles. The fourth-order valence-corrected chi connectivity index (χ4v) is 1.06. The van der Waals surface area contributed by atoms with Gasteiger partial charge in [0, 0.05) is 5.02 Å². The summed E-state index contributed by atoms with van der Waals surface area (Å²) < 4.78 is 9.81. The molecule has 0 N–H and O–H groups in total. The number of hydrogen-bond acceptors (Lipinski definition) is 3. The third-order valence-corrected chi connectivity index (χ3v) is 1.91. The van der Waals surface area contributed by atoms with Gasteiger partial charge in [0.15, 0.2) is 6.10 Å². The van der Waals surface area contributed by atoms with Crippen LogP contribution in [0.3, 0.4) is 0 Å². The average Bonchev–Trinajstić information content (AvgIpc) is 2.20. The van der Waals surface area contributed by atoms with Crippen LogP contribution < -0.4 is 4.74 Å². The Hall–Kier alpha value is -1.22. The lowest BCUT2D eigenvalue weighted by Crippen LogP contribution is -2.24. The number of benzene rings is 1. The van der Waals surface area contributed by atoms with Gasteiger partial charge < -0.3 is 9.47 Å². The molecule has 1 rings (SSSR count). The summed E-state index contributed by atoms with van der Waals surface area (Å²) in [5.41, 5.74) is 0. The first kappa shape index (κ1) is 10.9. The molecule has 0 saturated heterocycles. The summed E-state index contributed by atoms with van der Waals surface area (Å²) in [4.78, 5) is 11.0. The Kier molecular flexibility index (Phi) is 3.77. The quantitative estimate of drug-likeness (QED) is 0.725. The van der Waals surface area contributed by atoms with E-state index in [9.17, 15) is 4.79 Å². The lowest BCUT2D eigenvalue weighted by molar-refractivity contribution is -0.147. The molecule has 1 atom stereocenters. The van der Waals surface area contributed by atoms with Gasteiger partial charge in [0.2, 0.25) is 0 Å². The first-order valence-electron chi connectivity index (χ1n) is 4.13. The van der Waals surface area contributed by atoms with Crippen LogP contribution in [0.5, 0.6) is 5.75 Å². The molecule has 0 heterocycles. The molecule has 0 spiro atoms. The molecule has 0 bridgehead atoms. The van der Waals surface area contributed by atoms with Crippen LogP contribution in [0, 0.1) is 0 Å². The van der Waals surface area contributed by atoms with Crippen LogP contribution in [0.15, 0.2) is 24.3 Å².